The summed E-state index contributed by atoms with van der Waals surface area (Å²) in [5.74, 6) is -2.27. The molecule has 5 heterocycles. The topological polar surface area (TPSA) is 150 Å². The first-order chi connectivity index (χ1) is 26.1. The lowest BCUT2D eigenvalue weighted by atomic mass is 10.0. The quantitative estimate of drug-likeness (QED) is 0.204. The van der Waals surface area contributed by atoms with Crippen LogP contribution in [0, 0.1) is 11.6 Å². The molecule has 0 unspecified atom stereocenters. The van der Waals surface area contributed by atoms with Gasteiger partial charge in [0.25, 0.3) is 0 Å². The Bertz CT molecular complexity index is 2340. The zero-order valence-electron chi connectivity index (χ0n) is 28.8. The third-order valence-corrected chi connectivity index (χ3v) is 10.3. The van der Waals surface area contributed by atoms with E-state index in [1.54, 1.807) is 27.8 Å². The van der Waals surface area contributed by atoms with Crippen molar-refractivity contribution in [2.24, 2.45) is 0 Å². The summed E-state index contributed by atoms with van der Waals surface area (Å²) >= 11 is 0. The Morgan fingerprint density at radius 1 is 1.06 bits per heavy atom. The number of ether oxygens (including phenoxy) is 4. The molecule has 278 valence electrons. The summed E-state index contributed by atoms with van der Waals surface area (Å²) in [6, 6.07) is 13.8. The Morgan fingerprint density at radius 3 is 2.65 bits per heavy atom. The Morgan fingerprint density at radius 2 is 1.89 bits per heavy atom. The first-order valence-electron chi connectivity index (χ1n) is 17.6. The largest absolute Gasteiger partial charge is 0.487 e. The van der Waals surface area contributed by atoms with Gasteiger partial charge in [-0.25, -0.2) is 23.1 Å². The molecule has 1 amide bonds. The lowest BCUT2D eigenvalue weighted by Gasteiger charge is -2.34. The molecule has 3 aliphatic heterocycles. The molecule has 3 aromatic carbocycles. The third-order valence-electron chi connectivity index (χ3n) is 10.3. The normalized spacial score (nSPS) is 21.8. The fraction of sp³-hybridized carbons (Fsp3) is 0.342. The van der Waals surface area contributed by atoms with E-state index in [2.05, 4.69) is 10.3 Å². The number of aliphatic hydroxyl groups is 1. The van der Waals surface area contributed by atoms with E-state index >= 15 is 8.78 Å². The van der Waals surface area contributed by atoms with Crippen LogP contribution in [0.5, 0.6) is 11.5 Å². The molecule has 14 nitrogen and oxygen atoms in total. The second-order valence-corrected chi connectivity index (χ2v) is 14.2. The van der Waals surface area contributed by atoms with Gasteiger partial charge in [-0.05, 0) is 36.6 Å². The Labute approximate surface area is 306 Å². The van der Waals surface area contributed by atoms with Crippen molar-refractivity contribution in [2.45, 2.75) is 56.2 Å². The average molecular weight is 741 g/mol. The van der Waals surface area contributed by atoms with Gasteiger partial charge in [-0.1, -0.05) is 35.5 Å². The van der Waals surface area contributed by atoms with Crippen LogP contribution in [-0.2, 0) is 22.6 Å². The van der Waals surface area contributed by atoms with Crippen molar-refractivity contribution in [1.29, 1.82) is 0 Å². The highest BCUT2D eigenvalue weighted by Gasteiger charge is 2.48. The summed E-state index contributed by atoms with van der Waals surface area (Å²) in [4.78, 5) is 42.4. The number of cyclic esters (lactones) is 1. The molecule has 54 heavy (non-hydrogen) atoms. The number of esters is 1. The summed E-state index contributed by atoms with van der Waals surface area (Å²) in [5.41, 5.74) is -0.871. The van der Waals surface area contributed by atoms with E-state index in [1.807, 2.05) is 18.2 Å². The molecule has 1 saturated carbocycles. The molecular weight excluding hydrogens is 706 g/mol. The zero-order valence-corrected chi connectivity index (χ0v) is 28.8. The molecule has 1 aliphatic carbocycles. The summed E-state index contributed by atoms with van der Waals surface area (Å²) < 4.78 is 57.6. The van der Waals surface area contributed by atoms with E-state index in [-0.39, 0.29) is 79.2 Å². The third kappa shape index (κ3) is 6.15. The number of pyridine rings is 1. The SMILES string of the molecule is O=C(OCc1ccccc1)c1cn(C2CC2)c2c3c(c(F)cc2c1=O)N1C[C@](O)(COc2ccc(N4C[C@H](Cn5ccnn5)OC4=O)cc2F)C[C@H]1CO3. The van der Waals surface area contributed by atoms with Crippen LogP contribution < -0.4 is 24.7 Å². The van der Waals surface area contributed by atoms with Crippen molar-refractivity contribution in [1.82, 2.24) is 19.6 Å². The summed E-state index contributed by atoms with van der Waals surface area (Å²) in [6.07, 6.45) is 5.25. The average Bonchev–Trinajstić information content (AvgIpc) is 3.58. The minimum atomic E-state index is -1.52. The number of aromatic nitrogens is 4. The standard InChI is InChI=1S/C38H34F2N6O8/c39-29-12-24(45-16-26(54-37(45)49)15-43-11-10-41-42-43)8-9-31(29)53-21-38(50)14-25-19-51-35-32-27(13-30(40)33(35)46(25)20-38)34(47)28(17-44(32)23-6-7-23)36(48)52-18-22-4-2-1-3-5-22/h1-5,8-13,17,23,25-26,50H,6-7,14-16,18-21H2/t25-,26-,38-/m0/s1. The van der Waals surface area contributed by atoms with Crippen LogP contribution >= 0.6 is 0 Å². The second kappa shape index (κ2) is 13.1. The fourth-order valence-electron chi connectivity index (χ4n) is 7.54. The predicted octanol–water partition coefficient (Wildman–Crippen LogP) is 4.37. The van der Waals surface area contributed by atoms with Crippen molar-refractivity contribution >= 4 is 34.3 Å². The summed E-state index contributed by atoms with van der Waals surface area (Å²) in [6.45, 7) is 0.175. The van der Waals surface area contributed by atoms with Crippen LogP contribution in [0.3, 0.4) is 0 Å². The maximum atomic E-state index is 16.1. The van der Waals surface area contributed by atoms with Crippen molar-refractivity contribution < 1.29 is 42.4 Å². The molecule has 2 aromatic heterocycles. The number of fused-ring (bicyclic) bond motifs is 5. The minimum absolute atomic E-state index is 0.00426. The van der Waals surface area contributed by atoms with E-state index in [4.69, 9.17) is 18.9 Å². The van der Waals surface area contributed by atoms with E-state index in [0.29, 0.717) is 12.1 Å². The number of carbonyl (C=O) groups excluding carboxylic acids is 2. The van der Waals surface area contributed by atoms with Crippen LogP contribution in [0.2, 0.25) is 0 Å². The first-order valence-corrected chi connectivity index (χ1v) is 17.6. The van der Waals surface area contributed by atoms with Crippen molar-refractivity contribution in [3.8, 4) is 11.5 Å². The van der Waals surface area contributed by atoms with E-state index in [0.717, 1.165) is 30.5 Å². The van der Waals surface area contributed by atoms with Gasteiger partial charge >= 0.3 is 12.1 Å². The van der Waals surface area contributed by atoms with Gasteiger partial charge in [0.2, 0.25) is 5.43 Å². The smallest absolute Gasteiger partial charge is 0.414 e. The van der Waals surface area contributed by atoms with Gasteiger partial charge in [-0.3, -0.25) is 9.69 Å². The number of hydrogen-bond acceptors (Lipinski definition) is 11. The highest BCUT2D eigenvalue weighted by molar-refractivity contribution is 5.98. The van der Waals surface area contributed by atoms with Gasteiger partial charge in [0.05, 0.1) is 48.5 Å². The minimum Gasteiger partial charge on any atom is -0.487 e. The number of carbonyl (C=O) groups is 2. The molecule has 0 bridgehead atoms. The van der Waals surface area contributed by atoms with Gasteiger partial charge in [0.1, 0.15) is 42.8 Å². The number of benzene rings is 3. The van der Waals surface area contributed by atoms with Gasteiger partial charge < -0.3 is 33.5 Å². The summed E-state index contributed by atoms with van der Waals surface area (Å²) in [7, 11) is 0. The van der Waals surface area contributed by atoms with Crippen LogP contribution in [0.25, 0.3) is 10.9 Å². The molecule has 16 heteroatoms. The molecule has 3 fully saturated rings. The maximum Gasteiger partial charge on any atom is 0.414 e. The molecule has 0 spiro atoms. The number of anilines is 2. The predicted molar refractivity (Wildman–Crippen MR) is 188 cm³/mol. The maximum absolute atomic E-state index is 16.1. The molecule has 0 radical (unpaired) electrons. The second-order valence-electron chi connectivity index (χ2n) is 14.2. The molecule has 2 saturated heterocycles. The molecule has 1 N–H and O–H groups in total. The monoisotopic (exact) mass is 740 g/mol. The van der Waals surface area contributed by atoms with E-state index in [9.17, 15) is 19.5 Å². The molecule has 5 aromatic rings. The number of amides is 1. The highest BCUT2D eigenvalue weighted by Crippen LogP contribution is 2.48. The van der Waals surface area contributed by atoms with Crippen LogP contribution in [-0.4, -0.2) is 80.8 Å². The van der Waals surface area contributed by atoms with E-state index < -0.39 is 46.9 Å². The Kier molecular flexibility index (Phi) is 8.21. The molecule has 4 aliphatic rings. The molecule has 9 rings (SSSR count). The lowest BCUT2D eigenvalue weighted by Crippen LogP contribution is -2.41. The number of rotatable bonds is 10. The van der Waals surface area contributed by atoms with Gasteiger partial charge in [0.15, 0.2) is 23.1 Å². The van der Waals surface area contributed by atoms with Crippen LogP contribution in [0.4, 0.5) is 25.0 Å². The Balaban J connectivity index is 0.926. The lowest BCUT2D eigenvalue weighted by molar-refractivity contribution is 0.00980. The zero-order chi connectivity index (χ0) is 37.1. The van der Waals surface area contributed by atoms with Crippen molar-refractivity contribution in [3.05, 3.63) is 106 Å². The van der Waals surface area contributed by atoms with Crippen LogP contribution in [0.15, 0.2) is 78.0 Å². The van der Waals surface area contributed by atoms with Crippen molar-refractivity contribution in [2.75, 3.05) is 36.1 Å². The first kappa shape index (κ1) is 33.8. The van der Waals surface area contributed by atoms with Gasteiger partial charge in [-0.15, -0.1) is 5.10 Å². The van der Waals surface area contributed by atoms with Gasteiger partial charge in [0, 0.05) is 30.9 Å². The summed E-state index contributed by atoms with van der Waals surface area (Å²) in [5, 5.41) is 19.3. The van der Waals surface area contributed by atoms with Gasteiger partial charge in [-0.2, -0.15) is 0 Å². The number of halogens is 2. The molecule has 3 atom stereocenters. The van der Waals surface area contributed by atoms with Crippen molar-refractivity contribution in [3.63, 3.8) is 0 Å². The number of hydrogen-bond donors (Lipinski definition) is 1. The fourth-order valence-corrected chi connectivity index (χ4v) is 7.54. The number of nitrogens with zero attached hydrogens (tertiary/aromatic N) is 6. The Hall–Kier alpha value is -6.03. The molecular formula is C38H34F2N6O8. The van der Waals surface area contributed by atoms with E-state index in [1.165, 1.54) is 34.1 Å². The highest BCUT2D eigenvalue weighted by atomic mass is 19.1. The van der Waals surface area contributed by atoms with Crippen LogP contribution in [0.1, 0.15) is 41.2 Å².